The molecule has 1 unspecified atom stereocenters. The van der Waals surface area contributed by atoms with Crippen LogP contribution in [0, 0.1) is 5.92 Å². The molecule has 0 aliphatic rings. The van der Waals surface area contributed by atoms with Gasteiger partial charge in [-0.25, -0.2) is 0 Å². The van der Waals surface area contributed by atoms with Gasteiger partial charge in [-0.2, -0.15) is 0 Å². The Hall–Kier alpha value is -0.130. The first-order chi connectivity index (χ1) is 16.9. The molecule has 0 radical (unpaired) electrons. The van der Waals surface area contributed by atoms with Gasteiger partial charge in [0, 0.05) is 18.9 Å². The lowest BCUT2D eigenvalue weighted by atomic mass is 10.0. The van der Waals surface area contributed by atoms with E-state index in [1.165, 1.54) is 89.9 Å². The number of carbonyl (C=O) groups is 1. The van der Waals surface area contributed by atoms with Gasteiger partial charge in [0.05, 0.1) is 40.9 Å². The summed E-state index contributed by atoms with van der Waals surface area (Å²) in [6.07, 6.45) is 25.3. The third kappa shape index (κ3) is 30.1. The van der Waals surface area contributed by atoms with E-state index >= 15 is 0 Å². The predicted molar refractivity (Wildman–Crippen MR) is 152 cm³/mol. The number of rotatable bonds is 27. The van der Waals surface area contributed by atoms with Gasteiger partial charge in [-0.3, -0.25) is 4.79 Å². The molecule has 0 aromatic heterocycles. The molecule has 5 heteroatoms. The summed E-state index contributed by atoms with van der Waals surface area (Å²) < 4.78 is 12.5. The van der Waals surface area contributed by atoms with Gasteiger partial charge >= 0.3 is 5.97 Å². The zero-order chi connectivity index (χ0) is 26.0. The van der Waals surface area contributed by atoms with E-state index in [1.54, 1.807) is 0 Å². The number of hydrogen-bond acceptors (Lipinski definition) is 3. The summed E-state index contributed by atoms with van der Waals surface area (Å²) in [6, 6.07) is 0. The number of carbonyl (C=O) groups excluding carboxylic acids is 1. The molecular weight excluding hydrogens is 514 g/mol. The molecule has 0 bridgehead atoms. The third-order valence-corrected chi connectivity index (χ3v) is 6.88. The van der Waals surface area contributed by atoms with Gasteiger partial charge in [-0.05, 0) is 32.1 Å². The largest absolute Gasteiger partial charge is 1.00 e. The minimum Gasteiger partial charge on any atom is -1.00 e. The van der Waals surface area contributed by atoms with Crippen molar-refractivity contribution in [1.82, 2.24) is 0 Å². The Balaban J connectivity index is 0. The van der Waals surface area contributed by atoms with Gasteiger partial charge in [0.15, 0.2) is 0 Å². The second-order valence-electron chi connectivity index (χ2n) is 11.8. The van der Waals surface area contributed by atoms with E-state index in [4.69, 9.17) is 9.47 Å². The predicted octanol–water partition coefficient (Wildman–Crippen LogP) is 5.71. The summed E-state index contributed by atoms with van der Waals surface area (Å²) in [6.45, 7) is 7.72. The summed E-state index contributed by atoms with van der Waals surface area (Å²) in [4.78, 5) is 12.1. The molecule has 0 heterocycles. The maximum atomic E-state index is 12.1. The minimum atomic E-state index is -0.0386. The fraction of sp³-hybridized carbons (Fsp3) is 0.968. The van der Waals surface area contributed by atoms with Crippen molar-refractivity contribution in [2.45, 2.75) is 142 Å². The standard InChI is InChI=1S/C31H64NO3.BrH/c1-6-8-9-10-11-12-13-14-15-16-17-18-19-23-27-34-28-30(24-7-2)29-35-31(33)25-21-20-22-26-32(3,4)5;/h30H,6-29H2,1-5H3;1H/q+1;/p-1. The van der Waals surface area contributed by atoms with Crippen LogP contribution in [0.15, 0.2) is 0 Å². The van der Waals surface area contributed by atoms with Gasteiger partial charge in [0.1, 0.15) is 0 Å². The van der Waals surface area contributed by atoms with E-state index in [0.717, 1.165) is 56.3 Å². The van der Waals surface area contributed by atoms with Crippen molar-refractivity contribution >= 4 is 5.97 Å². The van der Waals surface area contributed by atoms with E-state index in [1.807, 2.05) is 0 Å². The van der Waals surface area contributed by atoms with Crippen LogP contribution in [0.5, 0.6) is 0 Å². The zero-order valence-corrected chi connectivity index (χ0v) is 26.7. The highest BCUT2D eigenvalue weighted by atomic mass is 79.9. The van der Waals surface area contributed by atoms with Crippen molar-refractivity contribution in [2.75, 3.05) is 47.5 Å². The highest BCUT2D eigenvalue weighted by Crippen LogP contribution is 2.14. The monoisotopic (exact) mass is 577 g/mol. The maximum Gasteiger partial charge on any atom is 0.305 e. The van der Waals surface area contributed by atoms with E-state index in [-0.39, 0.29) is 23.0 Å². The number of esters is 1. The lowest BCUT2D eigenvalue weighted by molar-refractivity contribution is -0.870. The van der Waals surface area contributed by atoms with E-state index in [0.29, 0.717) is 18.9 Å². The number of ether oxygens (including phenoxy) is 2. The van der Waals surface area contributed by atoms with Crippen LogP contribution in [0.2, 0.25) is 0 Å². The molecule has 36 heavy (non-hydrogen) atoms. The Kier molecular flexibility index (Phi) is 29.5. The highest BCUT2D eigenvalue weighted by molar-refractivity contribution is 5.69. The average molecular weight is 579 g/mol. The Morgan fingerprint density at radius 2 is 1.14 bits per heavy atom. The van der Waals surface area contributed by atoms with E-state index in [9.17, 15) is 4.79 Å². The first-order valence-electron chi connectivity index (χ1n) is 15.4. The second-order valence-corrected chi connectivity index (χ2v) is 11.8. The number of quaternary nitrogens is 1. The highest BCUT2D eigenvalue weighted by Gasteiger charge is 2.12. The molecule has 0 amide bonds. The van der Waals surface area contributed by atoms with Crippen LogP contribution in [-0.4, -0.2) is 58.0 Å². The number of nitrogens with zero attached hydrogens (tertiary/aromatic N) is 1. The van der Waals surface area contributed by atoms with Gasteiger partial charge in [0.25, 0.3) is 0 Å². The first kappa shape index (κ1) is 38.0. The summed E-state index contributed by atoms with van der Waals surface area (Å²) in [5, 5.41) is 0. The molecule has 0 rings (SSSR count). The summed E-state index contributed by atoms with van der Waals surface area (Å²) >= 11 is 0. The van der Waals surface area contributed by atoms with Crippen LogP contribution in [-0.2, 0) is 14.3 Å². The van der Waals surface area contributed by atoms with Crippen LogP contribution in [0.1, 0.15) is 142 Å². The third-order valence-electron chi connectivity index (χ3n) is 6.88. The zero-order valence-electron chi connectivity index (χ0n) is 25.1. The Morgan fingerprint density at radius 3 is 1.64 bits per heavy atom. The molecule has 0 fully saturated rings. The van der Waals surface area contributed by atoms with Crippen molar-refractivity contribution in [3.05, 3.63) is 0 Å². The molecule has 0 aromatic rings. The van der Waals surface area contributed by atoms with Crippen molar-refractivity contribution in [2.24, 2.45) is 5.92 Å². The number of unbranched alkanes of at least 4 members (excludes halogenated alkanes) is 15. The maximum absolute atomic E-state index is 12.1. The van der Waals surface area contributed by atoms with Crippen LogP contribution < -0.4 is 17.0 Å². The van der Waals surface area contributed by atoms with Gasteiger partial charge < -0.3 is 30.9 Å². The molecule has 0 aromatic carbocycles. The van der Waals surface area contributed by atoms with Crippen molar-refractivity contribution in [3.8, 4) is 0 Å². The fourth-order valence-corrected chi connectivity index (χ4v) is 4.59. The molecule has 0 aliphatic heterocycles. The first-order valence-corrected chi connectivity index (χ1v) is 15.4. The molecule has 0 aliphatic carbocycles. The molecular formula is C31H64BrNO3. The Morgan fingerprint density at radius 1 is 0.639 bits per heavy atom. The van der Waals surface area contributed by atoms with Gasteiger partial charge in [-0.15, -0.1) is 0 Å². The molecule has 218 valence electrons. The van der Waals surface area contributed by atoms with Crippen LogP contribution in [0.25, 0.3) is 0 Å². The normalized spacial score (nSPS) is 12.4. The molecule has 1 atom stereocenters. The molecule has 4 nitrogen and oxygen atoms in total. The summed E-state index contributed by atoms with van der Waals surface area (Å²) in [5.41, 5.74) is 0. The Bertz CT molecular complexity index is 454. The summed E-state index contributed by atoms with van der Waals surface area (Å²) in [5.74, 6) is 0.303. The quantitative estimate of drug-likeness (QED) is 0.0711. The van der Waals surface area contributed by atoms with Crippen LogP contribution in [0.4, 0.5) is 0 Å². The van der Waals surface area contributed by atoms with E-state index in [2.05, 4.69) is 35.0 Å². The van der Waals surface area contributed by atoms with Crippen molar-refractivity contribution in [1.29, 1.82) is 0 Å². The molecule has 0 saturated carbocycles. The molecule has 0 spiro atoms. The minimum absolute atomic E-state index is 0. The Labute approximate surface area is 237 Å². The summed E-state index contributed by atoms with van der Waals surface area (Å²) in [7, 11) is 6.64. The van der Waals surface area contributed by atoms with Gasteiger partial charge in [-0.1, -0.05) is 104 Å². The lowest BCUT2D eigenvalue weighted by Gasteiger charge is -2.23. The molecule has 0 N–H and O–H groups in total. The smallest absolute Gasteiger partial charge is 0.305 e. The topological polar surface area (TPSA) is 35.5 Å². The average Bonchev–Trinajstić information content (AvgIpc) is 2.81. The second kappa shape index (κ2) is 27.9. The van der Waals surface area contributed by atoms with Crippen LogP contribution in [0.3, 0.4) is 0 Å². The lowest BCUT2D eigenvalue weighted by Crippen LogP contribution is -3.00. The SMILES string of the molecule is CCCCCCCCCCCCCCCCOCC(CCC)COC(=O)CCCCC[N+](C)(C)C.[Br-]. The number of halogens is 1. The fourth-order valence-electron chi connectivity index (χ4n) is 4.59. The van der Waals surface area contributed by atoms with Crippen LogP contribution >= 0.6 is 0 Å². The van der Waals surface area contributed by atoms with E-state index < -0.39 is 0 Å². The van der Waals surface area contributed by atoms with Gasteiger partial charge in [0.2, 0.25) is 0 Å². The number of hydrogen-bond donors (Lipinski definition) is 0. The van der Waals surface area contributed by atoms with Crippen molar-refractivity contribution < 1.29 is 35.7 Å². The molecule has 0 saturated heterocycles. The van der Waals surface area contributed by atoms with Crippen molar-refractivity contribution in [3.63, 3.8) is 0 Å².